The predicted octanol–water partition coefficient (Wildman–Crippen LogP) is 3.69. The number of rotatable bonds is 5. The number of ether oxygens (including phenoxy) is 3. The summed E-state index contributed by atoms with van der Waals surface area (Å²) in [6, 6.07) is 19.3. The molecular weight excluding hydrogens is 440 g/mol. The molecule has 2 heterocycles. The van der Waals surface area contributed by atoms with Gasteiger partial charge >= 0.3 is 5.97 Å². The van der Waals surface area contributed by atoms with Crippen LogP contribution < -0.4 is 24.3 Å². The molecule has 5 aromatic rings. The average molecular weight is 458 g/mol. The van der Waals surface area contributed by atoms with Crippen molar-refractivity contribution in [3.05, 3.63) is 92.7 Å². The van der Waals surface area contributed by atoms with E-state index in [4.69, 9.17) is 14.2 Å². The number of hydrogen-bond acceptors (Lipinski definition) is 7. The quantitative estimate of drug-likeness (QED) is 0.295. The molecule has 3 aromatic carbocycles. The third kappa shape index (κ3) is 3.81. The molecule has 5 rings (SSSR count). The second-order valence-electron chi connectivity index (χ2n) is 7.16. The average Bonchev–Trinajstić information content (AvgIpc) is 3.35. The van der Waals surface area contributed by atoms with E-state index in [2.05, 4.69) is 4.98 Å². The van der Waals surface area contributed by atoms with Gasteiger partial charge in [-0.05, 0) is 60.2 Å². The number of fused-ring (bicyclic) bond motifs is 3. The molecule has 0 aliphatic heterocycles. The van der Waals surface area contributed by atoms with Crippen LogP contribution in [0.1, 0.15) is 15.9 Å². The van der Waals surface area contributed by atoms with E-state index in [1.165, 1.54) is 18.4 Å². The molecule has 0 atom stereocenters. The molecule has 7 nitrogen and oxygen atoms in total. The van der Waals surface area contributed by atoms with Gasteiger partial charge in [-0.25, -0.2) is 14.2 Å². The lowest BCUT2D eigenvalue weighted by atomic mass is 10.2. The fraction of sp³-hybridized carbons (Fsp3) is 0.0800. The number of imidazole rings is 1. The highest BCUT2D eigenvalue weighted by molar-refractivity contribution is 7.15. The molecule has 0 amide bonds. The first-order valence-corrected chi connectivity index (χ1v) is 10.8. The zero-order valence-electron chi connectivity index (χ0n) is 17.8. The van der Waals surface area contributed by atoms with Gasteiger partial charge in [-0.1, -0.05) is 29.5 Å². The molecule has 0 bridgehead atoms. The summed E-state index contributed by atoms with van der Waals surface area (Å²) in [5.74, 6) is 0.775. The first kappa shape index (κ1) is 20.7. The minimum atomic E-state index is -0.529. The van der Waals surface area contributed by atoms with Crippen LogP contribution in [-0.4, -0.2) is 29.6 Å². The number of methoxy groups -OCH3 is 2. The molecule has 0 aliphatic rings. The van der Waals surface area contributed by atoms with Crippen LogP contribution in [0.5, 0.6) is 17.2 Å². The van der Waals surface area contributed by atoms with Crippen LogP contribution in [0.15, 0.2) is 71.5 Å². The van der Waals surface area contributed by atoms with Crippen molar-refractivity contribution in [1.82, 2.24) is 9.38 Å². The van der Waals surface area contributed by atoms with Crippen molar-refractivity contribution >= 4 is 39.4 Å². The van der Waals surface area contributed by atoms with Gasteiger partial charge in [0.15, 0.2) is 16.5 Å². The molecule has 0 fully saturated rings. The van der Waals surface area contributed by atoms with Gasteiger partial charge in [-0.15, -0.1) is 0 Å². The summed E-state index contributed by atoms with van der Waals surface area (Å²) in [5, 5.41) is 0. The first-order chi connectivity index (χ1) is 16.1. The lowest BCUT2D eigenvalue weighted by molar-refractivity contribution is 0.0729. The van der Waals surface area contributed by atoms with Crippen LogP contribution in [0.3, 0.4) is 0 Å². The van der Waals surface area contributed by atoms with Crippen LogP contribution in [0.2, 0.25) is 0 Å². The summed E-state index contributed by atoms with van der Waals surface area (Å²) >= 11 is 1.31. The Hall–Kier alpha value is -4.17. The number of aromatic nitrogens is 2. The highest BCUT2D eigenvalue weighted by Crippen LogP contribution is 2.29. The molecular formula is C25H18N2O5S. The maximum atomic E-state index is 13.0. The van der Waals surface area contributed by atoms with Crippen molar-refractivity contribution < 1.29 is 19.0 Å². The van der Waals surface area contributed by atoms with Gasteiger partial charge in [0.25, 0.3) is 5.56 Å². The number of benzene rings is 3. The second-order valence-corrected chi connectivity index (χ2v) is 8.17. The zero-order valence-corrected chi connectivity index (χ0v) is 18.6. The molecule has 2 aromatic heterocycles. The van der Waals surface area contributed by atoms with Crippen molar-refractivity contribution in [2.45, 2.75) is 0 Å². The minimum Gasteiger partial charge on any atom is -0.497 e. The van der Waals surface area contributed by atoms with E-state index < -0.39 is 5.97 Å². The largest absolute Gasteiger partial charge is 0.497 e. The van der Waals surface area contributed by atoms with E-state index in [0.29, 0.717) is 32.1 Å². The normalized spacial score (nSPS) is 11.8. The standard InChI is InChI=1S/C25H18N2O5S/c1-30-17-10-8-16(9-11-17)24(29)32-21-13-15(7-12-20(21)31-2)14-22-23(28)27-19-6-4-3-5-18(19)26-25(27)33-22/h3-14H,1-2H3/b22-14-. The fourth-order valence-electron chi connectivity index (χ4n) is 3.51. The summed E-state index contributed by atoms with van der Waals surface area (Å²) in [6.45, 7) is 0. The van der Waals surface area contributed by atoms with E-state index in [1.807, 2.05) is 24.3 Å². The van der Waals surface area contributed by atoms with Crippen LogP contribution >= 0.6 is 11.3 Å². The van der Waals surface area contributed by atoms with Crippen molar-refractivity contribution in [2.24, 2.45) is 0 Å². The highest BCUT2D eigenvalue weighted by atomic mass is 32.1. The van der Waals surface area contributed by atoms with E-state index in [-0.39, 0.29) is 11.3 Å². The highest BCUT2D eigenvalue weighted by Gasteiger charge is 2.14. The van der Waals surface area contributed by atoms with Crippen LogP contribution in [-0.2, 0) is 0 Å². The Balaban J connectivity index is 1.51. The molecule has 0 saturated heterocycles. The number of para-hydroxylation sites is 2. The maximum Gasteiger partial charge on any atom is 0.343 e. The van der Waals surface area contributed by atoms with Gasteiger partial charge in [0.05, 0.1) is 35.3 Å². The van der Waals surface area contributed by atoms with Crippen molar-refractivity contribution in [3.63, 3.8) is 0 Å². The van der Waals surface area contributed by atoms with Crippen LogP contribution in [0.4, 0.5) is 0 Å². The summed E-state index contributed by atoms with van der Waals surface area (Å²) in [5.41, 5.74) is 2.48. The second kappa shape index (κ2) is 8.40. The smallest absolute Gasteiger partial charge is 0.343 e. The Bertz CT molecular complexity index is 1600. The summed E-state index contributed by atoms with van der Waals surface area (Å²) < 4.78 is 18.2. The Labute approximate surface area is 192 Å². The van der Waals surface area contributed by atoms with Gasteiger partial charge in [0, 0.05) is 0 Å². The molecule has 0 aliphatic carbocycles. The summed E-state index contributed by atoms with van der Waals surface area (Å²) in [4.78, 5) is 30.8. The third-order valence-corrected chi connectivity index (χ3v) is 6.13. The number of esters is 1. The van der Waals surface area contributed by atoms with Gasteiger partial charge in [-0.3, -0.25) is 4.79 Å². The molecule has 0 spiro atoms. The van der Waals surface area contributed by atoms with Crippen molar-refractivity contribution in [3.8, 4) is 17.2 Å². The molecule has 0 saturated carbocycles. The monoisotopic (exact) mass is 458 g/mol. The molecule has 33 heavy (non-hydrogen) atoms. The Morgan fingerprint density at radius 2 is 1.76 bits per heavy atom. The van der Waals surface area contributed by atoms with Gasteiger partial charge < -0.3 is 14.2 Å². The third-order valence-electron chi connectivity index (χ3n) is 5.16. The molecule has 0 N–H and O–H groups in total. The van der Waals surface area contributed by atoms with Gasteiger partial charge in [-0.2, -0.15) is 0 Å². The topological polar surface area (TPSA) is 79.1 Å². The van der Waals surface area contributed by atoms with E-state index in [0.717, 1.165) is 11.0 Å². The Morgan fingerprint density at radius 1 is 0.970 bits per heavy atom. The van der Waals surface area contributed by atoms with Gasteiger partial charge in [0.2, 0.25) is 0 Å². The number of hydrogen-bond donors (Lipinski definition) is 0. The van der Waals surface area contributed by atoms with Crippen LogP contribution in [0, 0.1) is 0 Å². The predicted molar refractivity (Wildman–Crippen MR) is 127 cm³/mol. The van der Waals surface area contributed by atoms with Gasteiger partial charge in [0.1, 0.15) is 5.75 Å². The summed E-state index contributed by atoms with van der Waals surface area (Å²) in [7, 11) is 3.06. The number of carbonyl (C=O) groups excluding carboxylic acids is 1. The molecule has 8 heteroatoms. The number of carbonyl (C=O) groups is 1. The minimum absolute atomic E-state index is 0.142. The zero-order chi connectivity index (χ0) is 22.9. The van der Waals surface area contributed by atoms with Crippen molar-refractivity contribution in [1.29, 1.82) is 0 Å². The lowest BCUT2D eigenvalue weighted by Gasteiger charge is -2.10. The molecule has 164 valence electrons. The lowest BCUT2D eigenvalue weighted by Crippen LogP contribution is -2.22. The van der Waals surface area contributed by atoms with Crippen LogP contribution in [0.25, 0.3) is 22.1 Å². The maximum absolute atomic E-state index is 13.0. The van der Waals surface area contributed by atoms with Crippen molar-refractivity contribution in [2.75, 3.05) is 14.2 Å². The molecule has 0 unspecified atom stereocenters. The Morgan fingerprint density at radius 3 is 2.52 bits per heavy atom. The van der Waals surface area contributed by atoms with E-state index in [9.17, 15) is 9.59 Å². The fourth-order valence-corrected chi connectivity index (χ4v) is 4.50. The summed E-state index contributed by atoms with van der Waals surface area (Å²) in [6.07, 6.45) is 1.75. The first-order valence-electron chi connectivity index (χ1n) is 10.0. The molecule has 0 radical (unpaired) electrons. The number of thiazole rings is 1. The number of nitrogens with zero attached hydrogens (tertiary/aromatic N) is 2. The van der Waals surface area contributed by atoms with E-state index in [1.54, 1.807) is 60.1 Å². The SMILES string of the molecule is COc1ccc(C(=O)Oc2cc(/C=c3\sc4nc5ccccc5n4c3=O)ccc2OC)cc1. The Kier molecular flexibility index (Phi) is 5.27. The van der Waals surface area contributed by atoms with E-state index >= 15 is 0 Å².